The molecule has 26 heavy (non-hydrogen) atoms. The van der Waals surface area contributed by atoms with Crippen LogP contribution in [-0.2, 0) is 9.84 Å². The second-order valence-corrected chi connectivity index (χ2v) is 9.75. The van der Waals surface area contributed by atoms with Crippen molar-refractivity contribution in [3.8, 4) is 0 Å². The smallest absolute Gasteiger partial charge is 0.270 e. The third-order valence-corrected chi connectivity index (χ3v) is 7.09. The maximum Gasteiger partial charge on any atom is 0.270 e. The van der Waals surface area contributed by atoms with Gasteiger partial charge >= 0.3 is 0 Å². The second kappa shape index (κ2) is 7.90. The molecule has 1 N–H and O–H groups in total. The molecule has 1 aliphatic carbocycles. The van der Waals surface area contributed by atoms with Crippen molar-refractivity contribution in [2.45, 2.75) is 64.0 Å². The number of amides is 1. The molecule has 2 aliphatic rings. The molecule has 8 heteroatoms. The van der Waals surface area contributed by atoms with Crippen molar-refractivity contribution < 1.29 is 13.2 Å². The Hall–Kier alpha value is -1.70. The standard InChI is InChI=1S/C18H28N4O3S/c1-13-11-16(17(23)20-14-7-5-3-4-6-8-14)21-18(19-13)22(2)15-9-10-26(24,25)12-15/h11,14-15H,3-10,12H2,1-2H3,(H,20,23). The van der Waals surface area contributed by atoms with Crippen molar-refractivity contribution in [1.29, 1.82) is 0 Å². The first kappa shape index (κ1) is 19.1. The van der Waals surface area contributed by atoms with Gasteiger partial charge in [-0.25, -0.2) is 18.4 Å². The van der Waals surface area contributed by atoms with Crippen molar-refractivity contribution in [2.75, 3.05) is 23.5 Å². The lowest BCUT2D eigenvalue weighted by Gasteiger charge is -2.24. The van der Waals surface area contributed by atoms with Crippen molar-refractivity contribution in [1.82, 2.24) is 15.3 Å². The molecule has 0 radical (unpaired) electrons. The number of nitrogens with zero attached hydrogens (tertiary/aromatic N) is 3. The van der Waals surface area contributed by atoms with E-state index in [1.54, 1.807) is 18.0 Å². The Morgan fingerprint density at radius 2 is 1.85 bits per heavy atom. The van der Waals surface area contributed by atoms with E-state index in [0.717, 1.165) is 25.7 Å². The minimum atomic E-state index is -2.98. The van der Waals surface area contributed by atoms with Gasteiger partial charge in [-0.05, 0) is 32.3 Å². The Bertz CT molecular complexity index is 758. The highest BCUT2D eigenvalue weighted by Crippen LogP contribution is 2.21. The lowest BCUT2D eigenvalue weighted by atomic mass is 10.1. The molecule has 0 aromatic carbocycles. The number of rotatable bonds is 4. The lowest BCUT2D eigenvalue weighted by Crippen LogP contribution is -2.37. The van der Waals surface area contributed by atoms with Gasteiger partial charge in [0.2, 0.25) is 5.95 Å². The van der Waals surface area contributed by atoms with Crippen molar-refractivity contribution in [3.05, 3.63) is 17.5 Å². The fourth-order valence-electron chi connectivity index (χ4n) is 3.75. The molecule has 1 aromatic rings. The highest BCUT2D eigenvalue weighted by atomic mass is 32.2. The largest absolute Gasteiger partial charge is 0.348 e. The van der Waals surface area contributed by atoms with Crippen LogP contribution in [0.4, 0.5) is 5.95 Å². The average molecular weight is 381 g/mol. The molecule has 3 rings (SSSR count). The van der Waals surface area contributed by atoms with Crippen LogP contribution in [0.5, 0.6) is 0 Å². The predicted octanol–water partition coefficient (Wildman–Crippen LogP) is 1.86. The van der Waals surface area contributed by atoms with Crippen LogP contribution in [0, 0.1) is 6.92 Å². The van der Waals surface area contributed by atoms with E-state index in [9.17, 15) is 13.2 Å². The number of nitrogens with one attached hydrogen (secondary N) is 1. The number of aromatic nitrogens is 2. The van der Waals surface area contributed by atoms with E-state index < -0.39 is 9.84 Å². The first-order valence-electron chi connectivity index (χ1n) is 9.44. The lowest BCUT2D eigenvalue weighted by molar-refractivity contribution is 0.0928. The molecule has 1 unspecified atom stereocenters. The number of aryl methyl sites for hydroxylation is 1. The van der Waals surface area contributed by atoms with Gasteiger partial charge in [-0.3, -0.25) is 4.79 Å². The number of hydrogen-bond acceptors (Lipinski definition) is 6. The van der Waals surface area contributed by atoms with Crippen LogP contribution in [0.15, 0.2) is 6.07 Å². The summed E-state index contributed by atoms with van der Waals surface area (Å²) in [7, 11) is -1.19. The number of carbonyl (C=O) groups excluding carboxylic acids is 1. The van der Waals surface area contributed by atoms with E-state index in [1.165, 1.54) is 12.8 Å². The van der Waals surface area contributed by atoms with Gasteiger partial charge in [0.1, 0.15) is 5.69 Å². The van der Waals surface area contributed by atoms with Crippen molar-refractivity contribution in [2.24, 2.45) is 0 Å². The third-order valence-electron chi connectivity index (χ3n) is 5.34. The molecule has 1 saturated carbocycles. The summed E-state index contributed by atoms with van der Waals surface area (Å²) in [5.41, 5.74) is 1.05. The van der Waals surface area contributed by atoms with Crippen molar-refractivity contribution in [3.63, 3.8) is 0 Å². The van der Waals surface area contributed by atoms with E-state index in [0.29, 0.717) is 23.8 Å². The third kappa shape index (κ3) is 4.72. The molecule has 1 saturated heterocycles. The van der Waals surface area contributed by atoms with Crippen molar-refractivity contribution >= 4 is 21.7 Å². The first-order valence-corrected chi connectivity index (χ1v) is 11.3. The summed E-state index contributed by atoms with van der Waals surface area (Å²) in [4.78, 5) is 23.3. The zero-order chi connectivity index (χ0) is 18.7. The molecule has 0 spiro atoms. The number of hydrogen-bond donors (Lipinski definition) is 1. The van der Waals surface area contributed by atoms with E-state index in [1.807, 2.05) is 6.92 Å². The predicted molar refractivity (Wildman–Crippen MR) is 101 cm³/mol. The quantitative estimate of drug-likeness (QED) is 0.802. The summed E-state index contributed by atoms with van der Waals surface area (Å²) in [6.45, 7) is 1.83. The van der Waals surface area contributed by atoms with Crippen LogP contribution in [0.1, 0.15) is 61.1 Å². The Morgan fingerprint density at radius 1 is 1.15 bits per heavy atom. The van der Waals surface area contributed by atoms with Crippen LogP contribution in [-0.4, -0.2) is 54.9 Å². The Balaban J connectivity index is 1.73. The van der Waals surface area contributed by atoms with Gasteiger partial charge in [0.15, 0.2) is 9.84 Å². The van der Waals surface area contributed by atoms with E-state index >= 15 is 0 Å². The zero-order valence-corrected chi connectivity index (χ0v) is 16.4. The molecular weight excluding hydrogens is 352 g/mol. The molecule has 1 amide bonds. The van der Waals surface area contributed by atoms with Crippen LogP contribution in [0.25, 0.3) is 0 Å². The van der Waals surface area contributed by atoms with Gasteiger partial charge in [0, 0.05) is 24.8 Å². The fourth-order valence-corrected chi connectivity index (χ4v) is 5.53. The molecule has 144 valence electrons. The van der Waals surface area contributed by atoms with Gasteiger partial charge < -0.3 is 10.2 Å². The molecule has 0 bridgehead atoms. The monoisotopic (exact) mass is 380 g/mol. The maximum atomic E-state index is 12.7. The summed E-state index contributed by atoms with van der Waals surface area (Å²) in [6.07, 6.45) is 7.37. The summed E-state index contributed by atoms with van der Waals surface area (Å²) in [5, 5.41) is 3.11. The van der Waals surface area contributed by atoms with E-state index in [4.69, 9.17) is 0 Å². The SMILES string of the molecule is Cc1cc(C(=O)NC2CCCCCC2)nc(N(C)C2CCS(=O)(=O)C2)n1. The van der Waals surface area contributed by atoms with E-state index in [-0.39, 0.29) is 29.5 Å². The normalized spacial score (nSPS) is 23.4. The Morgan fingerprint density at radius 3 is 2.46 bits per heavy atom. The van der Waals surface area contributed by atoms with Gasteiger partial charge in [0.25, 0.3) is 5.91 Å². The van der Waals surface area contributed by atoms with Gasteiger partial charge in [-0.1, -0.05) is 25.7 Å². The van der Waals surface area contributed by atoms with E-state index in [2.05, 4.69) is 15.3 Å². The number of carbonyl (C=O) groups is 1. The van der Waals surface area contributed by atoms with Crippen LogP contribution in [0.3, 0.4) is 0 Å². The summed E-state index contributed by atoms with van der Waals surface area (Å²) >= 11 is 0. The Kier molecular flexibility index (Phi) is 5.79. The van der Waals surface area contributed by atoms with Crippen LogP contribution >= 0.6 is 0 Å². The highest BCUT2D eigenvalue weighted by Gasteiger charge is 2.32. The topological polar surface area (TPSA) is 92.3 Å². The molecule has 1 atom stereocenters. The zero-order valence-electron chi connectivity index (χ0n) is 15.6. The average Bonchev–Trinajstić information content (AvgIpc) is 2.79. The summed E-state index contributed by atoms with van der Waals surface area (Å²) in [6, 6.07) is 1.76. The molecular formula is C18H28N4O3S. The number of anilines is 1. The molecule has 2 fully saturated rings. The van der Waals surface area contributed by atoms with Gasteiger partial charge in [-0.2, -0.15) is 0 Å². The fraction of sp³-hybridized carbons (Fsp3) is 0.722. The number of sulfone groups is 1. The summed E-state index contributed by atoms with van der Waals surface area (Å²) < 4.78 is 23.5. The van der Waals surface area contributed by atoms with Crippen LogP contribution in [0.2, 0.25) is 0 Å². The molecule has 1 aromatic heterocycles. The minimum Gasteiger partial charge on any atom is -0.348 e. The molecule has 1 aliphatic heterocycles. The molecule has 2 heterocycles. The highest BCUT2D eigenvalue weighted by molar-refractivity contribution is 7.91. The summed E-state index contributed by atoms with van der Waals surface area (Å²) in [5.74, 6) is 0.557. The van der Waals surface area contributed by atoms with Crippen LogP contribution < -0.4 is 10.2 Å². The maximum absolute atomic E-state index is 12.7. The minimum absolute atomic E-state index is 0.115. The Labute approximate surface area is 155 Å². The van der Waals surface area contributed by atoms with Gasteiger partial charge in [-0.15, -0.1) is 0 Å². The second-order valence-electron chi connectivity index (χ2n) is 7.52. The first-order chi connectivity index (χ1) is 12.3. The molecule has 7 nitrogen and oxygen atoms in total. The van der Waals surface area contributed by atoms with Gasteiger partial charge in [0.05, 0.1) is 11.5 Å².